The quantitative estimate of drug-likeness (QED) is 0.445. The van der Waals surface area contributed by atoms with Crippen LogP contribution in [0.15, 0.2) is 46.9 Å². The van der Waals surface area contributed by atoms with Crippen molar-refractivity contribution in [3.05, 3.63) is 59.6 Å². The van der Waals surface area contributed by atoms with Gasteiger partial charge in [0.1, 0.15) is 11.8 Å². The lowest BCUT2D eigenvalue weighted by Crippen LogP contribution is -2.50. The molecule has 9 nitrogen and oxygen atoms in total. The van der Waals surface area contributed by atoms with E-state index in [2.05, 4.69) is 21.0 Å². The average Bonchev–Trinajstić information content (AvgIpc) is 3.49. The Morgan fingerprint density at radius 3 is 2.44 bits per heavy atom. The Morgan fingerprint density at radius 2 is 1.81 bits per heavy atom. The second-order valence-electron chi connectivity index (χ2n) is 9.33. The molecule has 36 heavy (non-hydrogen) atoms. The molecule has 2 aromatic heterocycles. The Balaban J connectivity index is 1.37. The van der Waals surface area contributed by atoms with Crippen LogP contribution in [0.2, 0.25) is 0 Å². The first-order valence-corrected chi connectivity index (χ1v) is 12.4. The van der Waals surface area contributed by atoms with Gasteiger partial charge in [0, 0.05) is 31.0 Å². The molecule has 0 aliphatic heterocycles. The Kier molecular flexibility index (Phi) is 7.87. The number of benzene rings is 1. The normalized spacial score (nSPS) is 14.8. The third kappa shape index (κ3) is 6.02. The predicted molar refractivity (Wildman–Crippen MR) is 136 cm³/mol. The summed E-state index contributed by atoms with van der Waals surface area (Å²) in [6, 6.07) is 11.8. The van der Waals surface area contributed by atoms with E-state index in [1.165, 1.54) is 6.42 Å². The van der Waals surface area contributed by atoms with Gasteiger partial charge < -0.3 is 20.4 Å². The molecule has 4 rings (SSSR count). The number of aromatic nitrogens is 2. The lowest BCUT2D eigenvalue weighted by Gasteiger charge is -2.29. The average molecular weight is 492 g/mol. The number of likely N-dealkylation sites (N-methyl/N-ethyl adjacent to an activating group) is 1. The van der Waals surface area contributed by atoms with Gasteiger partial charge in [0.25, 0.3) is 5.91 Å². The number of carbonyl (C=O) groups excluding carboxylic acids is 3. The van der Waals surface area contributed by atoms with Gasteiger partial charge in [-0.05, 0) is 68.1 Å². The monoisotopic (exact) mass is 491 g/mol. The van der Waals surface area contributed by atoms with Crippen molar-refractivity contribution in [2.45, 2.75) is 51.5 Å². The van der Waals surface area contributed by atoms with Crippen LogP contribution in [0, 0.1) is 12.8 Å². The minimum absolute atomic E-state index is 0.126. The maximum Gasteiger partial charge on any atom is 0.287 e. The molecular formula is C27H33N5O4. The van der Waals surface area contributed by atoms with E-state index in [4.69, 9.17) is 4.42 Å². The van der Waals surface area contributed by atoms with Gasteiger partial charge in [-0.15, -0.1) is 0 Å². The van der Waals surface area contributed by atoms with Crippen molar-refractivity contribution in [2.75, 3.05) is 12.4 Å². The van der Waals surface area contributed by atoms with Crippen LogP contribution < -0.4 is 16.0 Å². The van der Waals surface area contributed by atoms with Gasteiger partial charge in [-0.2, -0.15) is 5.10 Å². The number of aryl methyl sites for hydroxylation is 2. The highest BCUT2D eigenvalue weighted by Gasteiger charge is 2.31. The van der Waals surface area contributed by atoms with E-state index in [0.29, 0.717) is 17.1 Å². The summed E-state index contributed by atoms with van der Waals surface area (Å²) in [5.74, 6) is 0.0591. The molecule has 0 radical (unpaired) electrons. The zero-order valence-corrected chi connectivity index (χ0v) is 21.0. The molecule has 9 heteroatoms. The first-order chi connectivity index (χ1) is 17.3. The summed E-state index contributed by atoms with van der Waals surface area (Å²) in [6.07, 6.45) is 5.34. The van der Waals surface area contributed by atoms with E-state index in [-0.39, 0.29) is 29.9 Å². The summed E-state index contributed by atoms with van der Waals surface area (Å²) in [5, 5.41) is 12.7. The van der Waals surface area contributed by atoms with Gasteiger partial charge in [-0.25, -0.2) is 0 Å². The Morgan fingerprint density at radius 1 is 1.08 bits per heavy atom. The SMILES string of the molecule is CNC(=O)[C@H](NC(=O)c1ccc(-c2ccc(NC(=O)Cc3cc(C)n(C)n3)cc2)o1)C1CCCCC1. The van der Waals surface area contributed by atoms with Crippen LogP contribution in [0.3, 0.4) is 0 Å². The third-order valence-electron chi connectivity index (χ3n) is 6.73. The van der Waals surface area contributed by atoms with E-state index in [9.17, 15) is 14.4 Å². The maximum atomic E-state index is 12.9. The van der Waals surface area contributed by atoms with E-state index >= 15 is 0 Å². The smallest absolute Gasteiger partial charge is 0.287 e. The molecule has 3 N–H and O–H groups in total. The third-order valence-corrected chi connectivity index (χ3v) is 6.73. The van der Waals surface area contributed by atoms with Gasteiger partial charge >= 0.3 is 0 Å². The van der Waals surface area contributed by atoms with Gasteiger partial charge in [0.2, 0.25) is 11.8 Å². The van der Waals surface area contributed by atoms with E-state index in [0.717, 1.165) is 36.9 Å². The number of furan rings is 1. The molecular weight excluding hydrogens is 458 g/mol. The van der Waals surface area contributed by atoms with E-state index in [1.54, 1.807) is 36.0 Å². The van der Waals surface area contributed by atoms with Crippen LogP contribution in [-0.2, 0) is 23.1 Å². The molecule has 0 unspecified atom stereocenters. The standard InChI is InChI=1S/C27H33N5O4/c1-17-15-21(31-32(17)3)16-24(33)29-20-11-9-18(10-12-20)22-13-14-23(36-22)26(34)30-25(27(35)28-2)19-7-5-4-6-8-19/h9-15,19,25H,4-8,16H2,1-3H3,(H,28,35)(H,29,33)(H,30,34)/t25-/m1/s1. The highest BCUT2D eigenvalue weighted by Crippen LogP contribution is 2.28. The lowest BCUT2D eigenvalue weighted by molar-refractivity contribution is -0.124. The molecule has 0 saturated heterocycles. The van der Waals surface area contributed by atoms with Crippen molar-refractivity contribution >= 4 is 23.4 Å². The number of nitrogens with one attached hydrogen (secondary N) is 3. The van der Waals surface area contributed by atoms with Crippen LogP contribution in [0.25, 0.3) is 11.3 Å². The number of amides is 3. The fraction of sp³-hybridized carbons (Fsp3) is 0.407. The minimum Gasteiger partial charge on any atom is -0.451 e. The molecule has 0 spiro atoms. The Labute approximate surface area is 210 Å². The van der Waals surface area contributed by atoms with Gasteiger partial charge in [0.15, 0.2) is 5.76 Å². The number of nitrogens with zero attached hydrogens (tertiary/aromatic N) is 2. The second-order valence-corrected chi connectivity index (χ2v) is 9.33. The summed E-state index contributed by atoms with van der Waals surface area (Å²) >= 11 is 0. The highest BCUT2D eigenvalue weighted by atomic mass is 16.4. The summed E-state index contributed by atoms with van der Waals surface area (Å²) < 4.78 is 7.54. The molecule has 1 aliphatic carbocycles. The number of rotatable bonds is 8. The van der Waals surface area contributed by atoms with Crippen molar-refractivity contribution in [3.8, 4) is 11.3 Å². The van der Waals surface area contributed by atoms with Crippen LogP contribution in [0.1, 0.15) is 54.0 Å². The fourth-order valence-electron chi connectivity index (χ4n) is 4.66. The fourth-order valence-corrected chi connectivity index (χ4v) is 4.66. The Hall–Kier alpha value is -3.88. The van der Waals surface area contributed by atoms with Crippen molar-refractivity contribution in [1.82, 2.24) is 20.4 Å². The zero-order valence-electron chi connectivity index (χ0n) is 21.0. The van der Waals surface area contributed by atoms with Gasteiger partial charge in [-0.1, -0.05) is 19.3 Å². The molecule has 0 bridgehead atoms. The van der Waals surface area contributed by atoms with Crippen molar-refractivity contribution in [2.24, 2.45) is 13.0 Å². The molecule has 1 aliphatic rings. The highest BCUT2D eigenvalue weighted by molar-refractivity contribution is 5.96. The van der Waals surface area contributed by atoms with Crippen LogP contribution in [0.5, 0.6) is 0 Å². The molecule has 190 valence electrons. The molecule has 3 aromatic rings. The number of anilines is 1. The topological polar surface area (TPSA) is 118 Å². The molecule has 3 amide bonds. The summed E-state index contributed by atoms with van der Waals surface area (Å²) in [4.78, 5) is 37.7. The van der Waals surface area contributed by atoms with Gasteiger partial charge in [0.05, 0.1) is 12.1 Å². The number of carbonyl (C=O) groups is 3. The largest absolute Gasteiger partial charge is 0.451 e. The number of hydrogen-bond donors (Lipinski definition) is 3. The predicted octanol–water partition coefficient (Wildman–Crippen LogP) is 3.59. The Bertz CT molecular complexity index is 1200. The first-order valence-electron chi connectivity index (χ1n) is 12.4. The van der Waals surface area contributed by atoms with Crippen LogP contribution in [-0.4, -0.2) is 40.6 Å². The summed E-state index contributed by atoms with van der Waals surface area (Å²) in [6.45, 7) is 1.94. The van der Waals surface area contributed by atoms with Crippen molar-refractivity contribution in [3.63, 3.8) is 0 Å². The minimum atomic E-state index is -0.575. The molecule has 1 saturated carbocycles. The first kappa shape index (κ1) is 25.2. The van der Waals surface area contributed by atoms with Crippen molar-refractivity contribution < 1.29 is 18.8 Å². The van der Waals surface area contributed by atoms with Crippen LogP contribution >= 0.6 is 0 Å². The molecule has 1 atom stereocenters. The van der Waals surface area contributed by atoms with E-state index < -0.39 is 11.9 Å². The van der Waals surface area contributed by atoms with E-state index in [1.807, 2.05) is 32.2 Å². The second kappa shape index (κ2) is 11.2. The molecule has 1 aromatic carbocycles. The molecule has 2 heterocycles. The van der Waals surface area contributed by atoms with Crippen LogP contribution in [0.4, 0.5) is 5.69 Å². The summed E-state index contributed by atoms with van der Waals surface area (Å²) in [7, 11) is 3.43. The zero-order chi connectivity index (χ0) is 25.7. The maximum absolute atomic E-state index is 12.9. The van der Waals surface area contributed by atoms with Gasteiger partial charge in [-0.3, -0.25) is 19.1 Å². The summed E-state index contributed by atoms with van der Waals surface area (Å²) in [5.41, 5.74) is 3.13. The number of hydrogen-bond acceptors (Lipinski definition) is 5. The molecule has 1 fully saturated rings. The van der Waals surface area contributed by atoms with Crippen molar-refractivity contribution in [1.29, 1.82) is 0 Å². The lowest BCUT2D eigenvalue weighted by atomic mass is 9.83.